The monoisotopic (exact) mass is 577 g/mol. The van der Waals surface area contributed by atoms with E-state index in [1.165, 1.54) is 18.9 Å². The van der Waals surface area contributed by atoms with Crippen LogP contribution in [-0.4, -0.2) is 63.1 Å². The van der Waals surface area contributed by atoms with Gasteiger partial charge in [-0.25, -0.2) is 22.7 Å². The maximum Gasteiger partial charge on any atom is 0.433 e. The van der Waals surface area contributed by atoms with Crippen LogP contribution in [-0.2, 0) is 12.7 Å². The van der Waals surface area contributed by atoms with Gasteiger partial charge in [0.1, 0.15) is 17.1 Å². The molecule has 0 N–H and O–H groups in total. The third-order valence-corrected chi connectivity index (χ3v) is 7.24. The quantitative estimate of drug-likeness (QED) is 0.232. The molecule has 0 bridgehead atoms. The van der Waals surface area contributed by atoms with Crippen LogP contribution in [0, 0.1) is 24.4 Å². The molecule has 0 saturated carbocycles. The number of methoxy groups -OCH3 is 1. The fourth-order valence-corrected chi connectivity index (χ4v) is 5.12. The number of piperazine rings is 1. The first kappa shape index (κ1) is 28.4. The molecule has 0 aliphatic carbocycles. The molecule has 4 aromatic rings. The Kier molecular flexibility index (Phi) is 7.41. The topological polar surface area (TPSA) is 63.0 Å². The number of rotatable bonds is 5. The number of alkyl halides is 3. The molecule has 1 amide bonds. The number of halogens is 6. The van der Waals surface area contributed by atoms with Gasteiger partial charge in [-0.15, -0.1) is 0 Å². The van der Waals surface area contributed by atoms with E-state index < -0.39 is 35.2 Å². The standard InChI is InChI=1S/C28H25F6N5O2/c1-15-13-38(9-8-37(15)14-18-10-19(29)11-22(30)23(18)31)27(40)21-12-35-39-25(28(32,33)34)16(2)24(36-26(21)39)17-4-6-20(41-3)7-5-17/h4-7,10-12,15H,8-9,13-14H2,1-3H3/t15-/m0/s1. The van der Waals surface area contributed by atoms with Crippen molar-refractivity contribution in [1.82, 2.24) is 24.4 Å². The minimum Gasteiger partial charge on any atom is -0.497 e. The highest BCUT2D eigenvalue weighted by molar-refractivity contribution is 6.00. The van der Waals surface area contributed by atoms with E-state index in [0.717, 1.165) is 12.3 Å². The molecule has 7 nitrogen and oxygen atoms in total. The van der Waals surface area contributed by atoms with E-state index in [0.29, 0.717) is 21.9 Å². The maximum absolute atomic E-state index is 14.2. The summed E-state index contributed by atoms with van der Waals surface area (Å²) >= 11 is 0. The average molecular weight is 578 g/mol. The van der Waals surface area contributed by atoms with Crippen molar-refractivity contribution in [3.8, 4) is 17.0 Å². The molecule has 41 heavy (non-hydrogen) atoms. The summed E-state index contributed by atoms with van der Waals surface area (Å²) < 4.78 is 90.0. The molecule has 13 heteroatoms. The molecule has 1 fully saturated rings. The summed E-state index contributed by atoms with van der Waals surface area (Å²) in [6.45, 7) is 3.49. The van der Waals surface area contributed by atoms with Crippen LogP contribution in [0.4, 0.5) is 26.3 Å². The van der Waals surface area contributed by atoms with Crippen molar-refractivity contribution in [3.05, 3.63) is 82.4 Å². The predicted octanol–water partition coefficient (Wildman–Crippen LogP) is 5.50. The number of benzene rings is 2. The lowest BCUT2D eigenvalue weighted by Gasteiger charge is -2.39. The number of hydrogen-bond donors (Lipinski definition) is 0. The van der Waals surface area contributed by atoms with Crippen molar-refractivity contribution in [3.63, 3.8) is 0 Å². The molecule has 0 spiro atoms. The van der Waals surface area contributed by atoms with Gasteiger partial charge in [-0.3, -0.25) is 9.69 Å². The minimum absolute atomic E-state index is 0.0459. The Morgan fingerprint density at radius 2 is 1.80 bits per heavy atom. The van der Waals surface area contributed by atoms with Gasteiger partial charge in [0.15, 0.2) is 23.0 Å². The van der Waals surface area contributed by atoms with Crippen molar-refractivity contribution in [2.75, 3.05) is 26.7 Å². The van der Waals surface area contributed by atoms with Crippen molar-refractivity contribution < 1.29 is 35.9 Å². The zero-order chi connectivity index (χ0) is 29.6. The number of carbonyl (C=O) groups is 1. The average Bonchev–Trinajstić information content (AvgIpc) is 3.34. The van der Waals surface area contributed by atoms with Gasteiger partial charge >= 0.3 is 6.18 Å². The van der Waals surface area contributed by atoms with Gasteiger partial charge in [-0.1, -0.05) is 0 Å². The lowest BCUT2D eigenvalue weighted by molar-refractivity contribution is -0.143. The summed E-state index contributed by atoms with van der Waals surface area (Å²) in [6, 6.07) is 7.40. The molecule has 1 atom stereocenters. The second-order valence-corrected chi connectivity index (χ2v) is 9.89. The first-order valence-electron chi connectivity index (χ1n) is 12.7. The Bertz CT molecular complexity index is 1620. The number of carbonyl (C=O) groups excluding carboxylic acids is 1. The van der Waals surface area contributed by atoms with E-state index >= 15 is 0 Å². The summed E-state index contributed by atoms with van der Waals surface area (Å²) in [5.41, 5.74) is -1.25. The molecule has 0 radical (unpaired) electrons. The largest absolute Gasteiger partial charge is 0.497 e. The fourth-order valence-electron chi connectivity index (χ4n) is 5.12. The summed E-state index contributed by atoms with van der Waals surface area (Å²) in [7, 11) is 1.47. The van der Waals surface area contributed by atoms with Gasteiger partial charge < -0.3 is 9.64 Å². The lowest BCUT2D eigenvalue weighted by atomic mass is 10.0. The number of amides is 1. The summed E-state index contributed by atoms with van der Waals surface area (Å²) in [5, 5.41) is 3.88. The highest BCUT2D eigenvalue weighted by atomic mass is 19.4. The number of aromatic nitrogens is 3. The van der Waals surface area contributed by atoms with Gasteiger partial charge in [0.05, 0.1) is 19.0 Å². The Morgan fingerprint density at radius 3 is 2.44 bits per heavy atom. The molecule has 2 aromatic heterocycles. The highest BCUT2D eigenvalue weighted by Gasteiger charge is 2.39. The Balaban J connectivity index is 1.46. The number of hydrogen-bond acceptors (Lipinski definition) is 5. The molecular weight excluding hydrogens is 552 g/mol. The van der Waals surface area contributed by atoms with Crippen molar-refractivity contribution in [1.29, 1.82) is 0 Å². The predicted molar refractivity (Wildman–Crippen MR) is 137 cm³/mol. The highest BCUT2D eigenvalue weighted by Crippen LogP contribution is 2.37. The maximum atomic E-state index is 14.2. The molecule has 216 valence electrons. The van der Waals surface area contributed by atoms with Crippen molar-refractivity contribution in [2.45, 2.75) is 32.6 Å². The molecule has 5 rings (SSSR count). The van der Waals surface area contributed by atoms with Crippen molar-refractivity contribution in [2.24, 2.45) is 0 Å². The van der Waals surface area contributed by atoms with E-state index in [1.807, 2.05) is 0 Å². The van der Waals surface area contributed by atoms with Gasteiger partial charge in [0.2, 0.25) is 0 Å². The second-order valence-electron chi connectivity index (χ2n) is 9.89. The molecule has 1 aliphatic heterocycles. The summed E-state index contributed by atoms with van der Waals surface area (Å²) in [4.78, 5) is 21.2. The molecule has 1 saturated heterocycles. The van der Waals surface area contributed by atoms with Crippen LogP contribution in [0.15, 0.2) is 42.6 Å². The number of nitrogens with zero attached hydrogens (tertiary/aromatic N) is 5. The van der Waals surface area contributed by atoms with Crippen LogP contribution in [0.2, 0.25) is 0 Å². The second kappa shape index (κ2) is 10.7. The van der Waals surface area contributed by atoms with E-state index in [9.17, 15) is 31.1 Å². The van der Waals surface area contributed by atoms with Crippen LogP contribution in [0.1, 0.15) is 34.1 Å². The number of fused-ring (bicyclic) bond motifs is 1. The Morgan fingerprint density at radius 1 is 1.10 bits per heavy atom. The normalized spacial score (nSPS) is 16.4. The third-order valence-electron chi connectivity index (χ3n) is 7.24. The summed E-state index contributed by atoms with van der Waals surface area (Å²) in [5.74, 6) is -3.38. The lowest BCUT2D eigenvalue weighted by Crippen LogP contribution is -2.53. The van der Waals surface area contributed by atoms with Gasteiger partial charge in [-0.2, -0.15) is 18.3 Å². The van der Waals surface area contributed by atoms with E-state index in [-0.39, 0.29) is 60.3 Å². The van der Waals surface area contributed by atoms with Crippen LogP contribution in [0.5, 0.6) is 5.75 Å². The zero-order valence-corrected chi connectivity index (χ0v) is 22.3. The van der Waals surface area contributed by atoms with Gasteiger partial charge in [-0.05, 0) is 44.2 Å². The Labute approximate surface area is 231 Å². The van der Waals surface area contributed by atoms with Crippen LogP contribution in [0.25, 0.3) is 16.9 Å². The first-order valence-corrected chi connectivity index (χ1v) is 12.7. The first-order chi connectivity index (χ1) is 19.4. The van der Waals surface area contributed by atoms with E-state index in [2.05, 4.69) is 10.1 Å². The summed E-state index contributed by atoms with van der Waals surface area (Å²) in [6.07, 6.45) is -3.72. The fraction of sp³-hybridized carbons (Fsp3) is 0.321. The molecule has 2 aromatic carbocycles. The third kappa shape index (κ3) is 5.33. The zero-order valence-electron chi connectivity index (χ0n) is 22.3. The van der Waals surface area contributed by atoms with E-state index in [4.69, 9.17) is 4.74 Å². The molecule has 0 unspecified atom stereocenters. The smallest absolute Gasteiger partial charge is 0.433 e. The van der Waals surface area contributed by atoms with Gasteiger partial charge in [0.25, 0.3) is 5.91 Å². The molecule has 3 heterocycles. The minimum atomic E-state index is -4.79. The van der Waals surface area contributed by atoms with Crippen LogP contribution in [0.3, 0.4) is 0 Å². The molecular formula is C28H25F6N5O2. The SMILES string of the molecule is COc1ccc(-c2nc3c(C(=O)N4CCN(Cc5cc(F)cc(F)c5F)[C@@H](C)C4)cnn3c(C(F)(F)F)c2C)cc1. The van der Waals surface area contributed by atoms with Crippen LogP contribution < -0.4 is 4.74 Å². The van der Waals surface area contributed by atoms with Crippen molar-refractivity contribution >= 4 is 11.6 Å². The number of ether oxygens (including phenoxy) is 1. The van der Waals surface area contributed by atoms with Gasteiger partial charge in [0, 0.05) is 55.0 Å². The van der Waals surface area contributed by atoms with E-state index in [1.54, 1.807) is 36.1 Å². The Hall–Kier alpha value is -4.13. The molecule has 1 aliphatic rings. The van der Waals surface area contributed by atoms with Crippen LogP contribution >= 0.6 is 0 Å².